The Morgan fingerprint density at radius 2 is 2.33 bits per heavy atom. The van der Waals surface area contributed by atoms with Crippen molar-refractivity contribution in [2.45, 2.75) is 6.42 Å². The number of hydrogen-bond donors (Lipinski definition) is 2. The summed E-state index contributed by atoms with van der Waals surface area (Å²) in [6.07, 6.45) is 2.30. The Morgan fingerprint density at radius 3 is 2.92 bits per heavy atom. The number of nitrogens with zero attached hydrogens (tertiary/aromatic N) is 1. The van der Waals surface area contributed by atoms with Gasteiger partial charge in [0.25, 0.3) is 5.91 Å². The van der Waals surface area contributed by atoms with E-state index in [0.29, 0.717) is 12.2 Å². The van der Waals surface area contributed by atoms with Crippen molar-refractivity contribution in [1.29, 1.82) is 0 Å². The van der Waals surface area contributed by atoms with Crippen molar-refractivity contribution in [3.63, 3.8) is 0 Å². The number of hydrogen-bond acceptors (Lipinski definition) is 3. The van der Waals surface area contributed by atoms with Crippen LogP contribution in [-0.2, 0) is 6.42 Å². The molecule has 0 aliphatic carbocycles. The summed E-state index contributed by atoms with van der Waals surface area (Å²) in [5.41, 5.74) is 11.7. The van der Waals surface area contributed by atoms with Crippen LogP contribution in [-0.4, -0.2) is 17.4 Å². The number of nitrogens with two attached hydrogens (primary N) is 2. The van der Waals surface area contributed by atoms with Gasteiger partial charge in [-0.05, 0) is 30.7 Å². The molecule has 0 saturated carbocycles. The van der Waals surface area contributed by atoms with Crippen molar-refractivity contribution in [1.82, 2.24) is 4.98 Å². The van der Waals surface area contributed by atoms with E-state index in [0.717, 1.165) is 12.0 Å². The fourth-order valence-corrected chi connectivity index (χ4v) is 0.931. The molecule has 1 amide bonds. The van der Waals surface area contributed by atoms with Crippen molar-refractivity contribution in [3.05, 3.63) is 29.6 Å². The van der Waals surface area contributed by atoms with Crippen LogP contribution in [0.2, 0.25) is 0 Å². The summed E-state index contributed by atoms with van der Waals surface area (Å²) < 4.78 is 0. The summed E-state index contributed by atoms with van der Waals surface area (Å²) in [5.74, 6) is -0.506. The van der Waals surface area contributed by atoms with E-state index in [-0.39, 0.29) is 0 Å². The van der Waals surface area contributed by atoms with Crippen LogP contribution < -0.4 is 11.5 Å². The third kappa shape index (κ3) is 2.03. The van der Waals surface area contributed by atoms with E-state index in [9.17, 15) is 4.79 Å². The Balaban J connectivity index is 2.88. The molecule has 0 bridgehead atoms. The number of carbonyl (C=O) groups excluding carboxylic acids is 1. The zero-order valence-corrected chi connectivity index (χ0v) is 6.66. The molecule has 1 heterocycles. The highest BCUT2D eigenvalue weighted by molar-refractivity contribution is 5.90. The van der Waals surface area contributed by atoms with E-state index >= 15 is 0 Å². The SMILES string of the molecule is NCCc1ccnc(C(N)=O)c1. The van der Waals surface area contributed by atoms with E-state index < -0.39 is 5.91 Å². The fraction of sp³-hybridized carbons (Fsp3) is 0.250. The number of carbonyl (C=O) groups is 1. The lowest BCUT2D eigenvalue weighted by atomic mass is 10.1. The van der Waals surface area contributed by atoms with Gasteiger partial charge in [0, 0.05) is 6.20 Å². The van der Waals surface area contributed by atoms with Crippen molar-refractivity contribution in [2.75, 3.05) is 6.54 Å². The lowest BCUT2D eigenvalue weighted by Gasteiger charge is -1.99. The Bertz CT molecular complexity index is 285. The first-order valence-corrected chi connectivity index (χ1v) is 3.69. The molecule has 0 aliphatic rings. The molecule has 4 nitrogen and oxygen atoms in total. The van der Waals surface area contributed by atoms with Crippen LogP contribution >= 0.6 is 0 Å². The summed E-state index contributed by atoms with van der Waals surface area (Å²) in [5, 5.41) is 0. The Labute approximate surface area is 70.6 Å². The molecule has 1 aromatic heterocycles. The number of pyridine rings is 1. The van der Waals surface area contributed by atoms with Crippen molar-refractivity contribution in [2.24, 2.45) is 11.5 Å². The van der Waals surface area contributed by atoms with Gasteiger partial charge in [0.2, 0.25) is 0 Å². The van der Waals surface area contributed by atoms with Gasteiger partial charge in [0.15, 0.2) is 0 Å². The van der Waals surface area contributed by atoms with Crippen molar-refractivity contribution >= 4 is 5.91 Å². The molecule has 0 unspecified atom stereocenters. The topological polar surface area (TPSA) is 82.0 Å². The first-order chi connectivity index (χ1) is 5.74. The molecule has 0 aromatic carbocycles. The average molecular weight is 165 g/mol. The predicted molar refractivity (Wildman–Crippen MR) is 45.5 cm³/mol. The van der Waals surface area contributed by atoms with Gasteiger partial charge in [-0.2, -0.15) is 0 Å². The van der Waals surface area contributed by atoms with Gasteiger partial charge < -0.3 is 11.5 Å². The van der Waals surface area contributed by atoms with E-state index in [1.165, 1.54) is 0 Å². The first-order valence-electron chi connectivity index (χ1n) is 3.69. The third-order valence-corrected chi connectivity index (χ3v) is 1.51. The van der Waals surface area contributed by atoms with Gasteiger partial charge in [0.05, 0.1) is 0 Å². The van der Waals surface area contributed by atoms with Crippen LogP contribution in [0.5, 0.6) is 0 Å². The number of rotatable bonds is 3. The summed E-state index contributed by atoms with van der Waals surface area (Å²) in [6, 6.07) is 3.48. The summed E-state index contributed by atoms with van der Waals surface area (Å²) in [4.78, 5) is 14.5. The maximum atomic E-state index is 10.7. The molecule has 0 aliphatic heterocycles. The summed E-state index contributed by atoms with van der Waals surface area (Å²) in [6.45, 7) is 0.558. The zero-order valence-electron chi connectivity index (χ0n) is 6.66. The summed E-state index contributed by atoms with van der Waals surface area (Å²) >= 11 is 0. The maximum absolute atomic E-state index is 10.7. The predicted octanol–water partition coefficient (Wildman–Crippen LogP) is -0.318. The van der Waals surface area contributed by atoms with E-state index in [1.54, 1.807) is 12.3 Å². The highest BCUT2D eigenvalue weighted by Gasteiger charge is 2.01. The highest BCUT2D eigenvalue weighted by Crippen LogP contribution is 2.00. The molecular weight excluding hydrogens is 154 g/mol. The maximum Gasteiger partial charge on any atom is 0.267 e. The van der Waals surface area contributed by atoms with E-state index in [2.05, 4.69) is 4.98 Å². The first kappa shape index (κ1) is 8.67. The molecule has 0 saturated heterocycles. The Morgan fingerprint density at radius 1 is 1.58 bits per heavy atom. The van der Waals surface area contributed by atoms with Gasteiger partial charge in [0.1, 0.15) is 5.69 Å². The minimum absolute atomic E-state index is 0.293. The zero-order chi connectivity index (χ0) is 8.97. The molecule has 0 atom stereocenters. The second kappa shape index (κ2) is 3.82. The highest BCUT2D eigenvalue weighted by atomic mass is 16.1. The normalized spacial score (nSPS) is 9.75. The number of amides is 1. The van der Waals surface area contributed by atoms with Crippen LogP contribution in [0.3, 0.4) is 0 Å². The van der Waals surface area contributed by atoms with Crippen molar-refractivity contribution in [3.8, 4) is 0 Å². The Hall–Kier alpha value is -1.42. The molecule has 12 heavy (non-hydrogen) atoms. The van der Waals surface area contributed by atoms with Crippen LogP contribution in [0.25, 0.3) is 0 Å². The van der Waals surface area contributed by atoms with Crippen LogP contribution in [0.1, 0.15) is 16.1 Å². The molecule has 64 valence electrons. The molecule has 4 N–H and O–H groups in total. The minimum Gasteiger partial charge on any atom is -0.364 e. The van der Waals surface area contributed by atoms with E-state index in [1.807, 2.05) is 6.07 Å². The van der Waals surface area contributed by atoms with Crippen LogP contribution in [0.4, 0.5) is 0 Å². The quantitative estimate of drug-likeness (QED) is 0.644. The van der Waals surface area contributed by atoms with Gasteiger partial charge in [-0.3, -0.25) is 9.78 Å². The summed E-state index contributed by atoms with van der Waals surface area (Å²) in [7, 11) is 0. The van der Waals surface area contributed by atoms with Gasteiger partial charge in [-0.1, -0.05) is 0 Å². The van der Waals surface area contributed by atoms with Crippen molar-refractivity contribution < 1.29 is 4.79 Å². The minimum atomic E-state index is -0.506. The largest absolute Gasteiger partial charge is 0.364 e. The van der Waals surface area contributed by atoms with Crippen LogP contribution in [0, 0.1) is 0 Å². The second-order valence-electron chi connectivity index (χ2n) is 2.45. The lowest BCUT2D eigenvalue weighted by Crippen LogP contribution is -2.13. The number of aromatic nitrogens is 1. The monoisotopic (exact) mass is 165 g/mol. The molecule has 0 radical (unpaired) electrons. The number of primary amides is 1. The third-order valence-electron chi connectivity index (χ3n) is 1.51. The molecule has 0 fully saturated rings. The van der Waals surface area contributed by atoms with Gasteiger partial charge in [-0.15, -0.1) is 0 Å². The fourth-order valence-electron chi connectivity index (χ4n) is 0.931. The molecule has 1 aromatic rings. The van der Waals surface area contributed by atoms with Crippen LogP contribution in [0.15, 0.2) is 18.3 Å². The second-order valence-corrected chi connectivity index (χ2v) is 2.45. The molecule has 4 heteroatoms. The molecular formula is C8H11N3O. The lowest BCUT2D eigenvalue weighted by molar-refractivity contribution is 0.0995. The molecule has 1 rings (SSSR count). The average Bonchev–Trinajstić information content (AvgIpc) is 2.05. The smallest absolute Gasteiger partial charge is 0.267 e. The van der Waals surface area contributed by atoms with E-state index in [4.69, 9.17) is 11.5 Å². The van der Waals surface area contributed by atoms with Gasteiger partial charge >= 0.3 is 0 Å². The molecule has 0 spiro atoms. The van der Waals surface area contributed by atoms with Gasteiger partial charge in [-0.25, -0.2) is 0 Å². The standard InChI is InChI=1S/C8H11N3O/c9-3-1-6-2-4-11-7(5-6)8(10)12/h2,4-5H,1,3,9H2,(H2,10,12). The Kier molecular flexibility index (Phi) is 2.76.